The summed E-state index contributed by atoms with van der Waals surface area (Å²) in [6.45, 7) is 0. The SMILES string of the molecule is COc1cc2c(cc1O)c1cccc3ccc(=O)n2c31. The van der Waals surface area contributed by atoms with Crippen LogP contribution >= 0.6 is 0 Å². The third-order valence-electron chi connectivity index (χ3n) is 3.74. The molecule has 0 bridgehead atoms. The summed E-state index contributed by atoms with van der Waals surface area (Å²) in [4.78, 5) is 12.2. The molecular weight excluding hydrogens is 254 g/mol. The van der Waals surface area contributed by atoms with Crippen molar-refractivity contribution in [3.8, 4) is 11.5 Å². The van der Waals surface area contributed by atoms with Gasteiger partial charge >= 0.3 is 0 Å². The summed E-state index contributed by atoms with van der Waals surface area (Å²) < 4.78 is 6.81. The molecule has 0 radical (unpaired) electrons. The molecule has 2 aromatic carbocycles. The predicted molar refractivity (Wildman–Crippen MR) is 78.1 cm³/mol. The molecule has 2 aromatic heterocycles. The second-order valence-electron chi connectivity index (χ2n) is 4.79. The highest BCUT2D eigenvalue weighted by Crippen LogP contribution is 2.37. The van der Waals surface area contributed by atoms with Gasteiger partial charge in [-0.1, -0.05) is 18.2 Å². The summed E-state index contributed by atoms with van der Waals surface area (Å²) in [5, 5.41) is 12.8. The molecule has 0 saturated heterocycles. The van der Waals surface area contributed by atoms with Gasteiger partial charge in [-0.3, -0.25) is 9.20 Å². The van der Waals surface area contributed by atoms with Gasteiger partial charge in [0, 0.05) is 22.9 Å². The van der Waals surface area contributed by atoms with Crippen LogP contribution in [0, 0.1) is 0 Å². The molecular formula is C16H11NO3. The maximum Gasteiger partial charge on any atom is 0.255 e. The smallest absolute Gasteiger partial charge is 0.255 e. The first kappa shape index (κ1) is 11.1. The fourth-order valence-corrected chi connectivity index (χ4v) is 2.87. The Bertz CT molecular complexity index is 1020. The number of fused-ring (bicyclic) bond motifs is 3. The van der Waals surface area contributed by atoms with Crippen LogP contribution in [0.2, 0.25) is 0 Å². The lowest BCUT2D eigenvalue weighted by atomic mass is 10.1. The average Bonchev–Trinajstić information content (AvgIpc) is 2.78. The first-order chi connectivity index (χ1) is 9.70. The maximum absolute atomic E-state index is 12.2. The normalized spacial score (nSPS) is 11.7. The van der Waals surface area contributed by atoms with Crippen molar-refractivity contribution >= 4 is 27.2 Å². The van der Waals surface area contributed by atoms with Crippen LogP contribution in [-0.2, 0) is 0 Å². The van der Waals surface area contributed by atoms with E-state index in [1.54, 1.807) is 22.6 Å². The van der Waals surface area contributed by atoms with Crippen molar-refractivity contribution in [1.29, 1.82) is 0 Å². The zero-order chi connectivity index (χ0) is 13.9. The molecule has 0 aliphatic rings. The first-order valence-corrected chi connectivity index (χ1v) is 6.27. The second kappa shape index (κ2) is 3.63. The maximum atomic E-state index is 12.2. The lowest BCUT2D eigenvalue weighted by molar-refractivity contribution is 0.374. The molecule has 4 nitrogen and oxygen atoms in total. The van der Waals surface area contributed by atoms with Crippen LogP contribution in [0.1, 0.15) is 0 Å². The Labute approximate surface area is 113 Å². The number of aromatic nitrogens is 1. The largest absolute Gasteiger partial charge is 0.504 e. The highest BCUT2D eigenvalue weighted by atomic mass is 16.5. The standard InChI is InChI=1S/C16H11NO3/c1-20-14-8-12-11(7-13(14)18)10-4-2-3-9-5-6-15(19)17(12)16(9)10/h2-8,18H,1H3. The molecule has 0 fully saturated rings. The third-order valence-corrected chi connectivity index (χ3v) is 3.74. The van der Waals surface area contributed by atoms with E-state index in [9.17, 15) is 9.90 Å². The first-order valence-electron chi connectivity index (χ1n) is 6.27. The van der Waals surface area contributed by atoms with Gasteiger partial charge in [0.1, 0.15) is 0 Å². The van der Waals surface area contributed by atoms with Crippen molar-refractivity contribution in [3.63, 3.8) is 0 Å². The minimum Gasteiger partial charge on any atom is -0.504 e. The van der Waals surface area contributed by atoms with Crippen molar-refractivity contribution in [3.05, 3.63) is 52.8 Å². The van der Waals surface area contributed by atoms with Crippen LogP contribution < -0.4 is 10.3 Å². The monoisotopic (exact) mass is 265 g/mol. The van der Waals surface area contributed by atoms with E-state index in [0.717, 1.165) is 27.2 Å². The quantitative estimate of drug-likeness (QED) is 0.575. The van der Waals surface area contributed by atoms with Crippen molar-refractivity contribution in [2.45, 2.75) is 0 Å². The Hall–Kier alpha value is -2.75. The molecule has 4 aromatic rings. The van der Waals surface area contributed by atoms with E-state index in [-0.39, 0.29) is 11.3 Å². The lowest BCUT2D eigenvalue weighted by Gasteiger charge is -2.03. The summed E-state index contributed by atoms with van der Waals surface area (Å²) >= 11 is 0. The molecule has 2 heterocycles. The van der Waals surface area contributed by atoms with E-state index in [2.05, 4.69) is 0 Å². The second-order valence-corrected chi connectivity index (χ2v) is 4.79. The van der Waals surface area contributed by atoms with Crippen molar-refractivity contribution in [1.82, 2.24) is 4.40 Å². The van der Waals surface area contributed by atoms with Crippen molar-refractivity contribution in [2.24, 2.45) is 0 Å². The third kappa shape index (κ3) is 1.23. The Morgan fingerprint density at radius 1 is 1.10 bits per heavy atom. The van der Waals surface area contributed by atoms with Gasteiger partial charge in [0.05, 0.1) is 18.1 Å². The number of para-hydroxylation sites is 1. The molecule has 0 spiro atoms. The van der Waals surface area contributed by atoms with Gasteiger partial charge in [-0.2, -0.15) is 0 Å². The van der Waals surface area contributed by atoms with Crippen molar-refractivity contribution in [2.75, 3.05) is 7.11 Å². The fourth-order valence-electron chi connectivity index (χ4n) is 2.87. The predicted octanol–water partition coefficient (Wildman–Crippen LogP) is 2.76. The average molecular weight is 265 g/mol. The van der Waals surface area contributed by atoms with Crippen LogP contribution in [-0.4, -0.2) is 16.6 Å². The van der Waals surface area contributed by atoms with E-state index in [1.165, 1.54) is 7.11 Å². The lowest BCUT2D eigenvalue weighted by Crippen LogP contribution is -2.09. The molecule has 98 valence electrons. The number of benzene rings is 2. The highest BCUT2D eigenvalue weighted by molar-refractivity contribution is 6.14. The van der Waals surface area contributed by atoms with Gasteiger partial charge in [0.15, 0.2) is 11.5 Å². The van der Waals surface area contributed by atoms with Crippen LogP contribution in [0.5, 0.6) is 11.5 Å². The molecule has 0 atom stereocenters. The van der Waals surface area contributed by atoms with E-state index in [0.29, 0.717) is 5.75 Å². The number of nitrogens with zero attached hydrogens (tertiary/aromatic N) is 1. The molecule has 20 heavy (non-hydrogen) atoms. The highest BCUT2D eigenvalue weighted by Gasteiger charge is 2.15. The minimum atomic E-state index is -0.0866. The Kier molecular flexibility index (Phi) is 2.02. The summed E-state index contributed by atoms with van der Waals surface area (Å²) in [5.74, 6) is 0.435. The van der Waals surface area contributed by atoms with E-state index in [1.807, 2.05) is 24.3 Å². The van der Waals surface area contributed by atoms with E-state index in [4.69, 9.17) is 4.74 Å². The molecule has 0 aliphatic carbocycles. The number of aromatic hydroxyl groups is 1. The summed E-state index contributed by atoms with van der Waals surface area (Å²) in [6.07, 6.45) is 0. The van der Waals surface area contributed by atoms with Crippen LogP contribution in [0.25, 0.3) is 27.2 Å². The zero-order valence-corrected chi connectivity index (χ0v) is 10.8. The Morgan fingerprint density at radius 3 is 2.75 bits per heavy atom. The topological polar surface area (TPSA) is 50.9 Å². The number of ether oxygens (including phenoxy) is 1. The number of pyridine rings is 1. The summed E-state index contributed by atoms with van der Waals surface area (Å²) in [5.41, 5.74) is 1.54. The number of hydrogen-bond donors (Lipinski definition) is 1. The van der Waals surface area contributed by atoms with Gasteiger partial charge in [0.25, 0.3) is 5.56 Å². The summed E-state index contributed by atoms with van der Waals surface area (Å²) in [6, 6.07) is 12.6. The molecule has 1 N–H and O–H groups in total. The Morgan fingerprint density at radius 2 is 1.95 bits per heavy atom. The van der Waals surface area contributed by atoms with Gasteiger partial charge in [-0.15, -0.1) is 0 Å². The van der Waals surface area contributed by atoms with Crippen LogP contribution in [0.15, 0.2) is 47.3 Å². The van der Waals surface area contributed by atoms with Gasteiger partial charge < -0.3 is 9.84 Å². The van der Waals surface area contributed by atoms with Crippen LogP contribution in [0.4, 0.5) is 0 Å². The molecule has 0 amide bonds. The minimum absolute atomic E-state index is 0.0732. The van der Waals surface area contributed by atoms with Gasteiger partial charge in [-0.05, 0) is 17.5 Å². The summed E-state index contributed by atoms with van der Waals surface area (Å²) in [7, 11) is 1.49. The zero-order valence-electron chi connectivity index (χ0n) is 10.8. The molecule has 0 unspecified atom stereocenters. The van der Waals surface area contributed by atoms with Crippen molar-refractivity contribution < 1.29 is 9.84 Å². The number of hydrogen-bond acceptors (Lipinski definition) is 3. The molecule has 4 heteroatoms. The number of methoxy groups -OCH3 is 1. The van der Waals surface area contributed by atoms with Gasteiger partial charge in [-0.25, -0.2) is 0 Å². The van der Waals surface area contributed by atoms with Gasteiger partial charge in [0.2, 0.25) is 0 Å². The fraction of sp³-hybridized carbons (Fsp3) is 0.0625. The number of rotatable bonds is 1. The number of phenolic OH excluding ortho intramolecular Hbond substituents is 1. The number of phenols is 1. The Balaban J connectivity index is 2.41. The molecule has 4 rings (SSSR count). The van der Waals surface area contributed by atoms with E-state index < -0.39 is 0 Å². The van der Waals surface area contributed by atoms with E-state index >= 15 is 0 Å². The van der Waals surface area contributed by atoms with Crippen LogP contribution in [0.3, 0.4) is 0 Å². The molecule has 0 saturated carbocycles. The molecule has 0 aliphatic heterocycles.